The Morgan fingerprint density at radius 1 is 0.964 bits per heavy atom. The Hall–Kier alpha value is -2.25. The molecule has 0 radical (unpaired) electrons. The highest BCUT2D eigenvalue weighted by Crippen LogP contribution is 2.32. The van der Waals surface area contributed by atoms with E-state index in [0.717, 1.165) is 37.0 Å². The van der Waals surface area contributed by atoms with E-state index < -0.39 is 16.1 Å². The summed E-state index contributed by atoms with van der Waals surface area (Å²) in [4.78, 5) is 0.187. The summed E-state index contributed by atoms with van der Waals surface area (Å²) in [7, 11) is -0.627. The van der Waals surface area contributed by atoms with Gasteiger partial charge in [-0.3, -0.25) is 0 Å². The van der Waals surface area contributed by atoms with Crippen LogP contribution in [-0.4, -0.2) is 35.3 Å². The second-order valence-corrected chi connectivity index (χ2v) is 8.67. The number of hydrogen-bond acceptors (Lipinski definition) is 5. The van der Waals surface area contributed by atoms with Crippen LogP contribution in [0.1, 0.15) is 30.9 Å². The lowest BCUT2D eigenvalue weighted by molar-refractivity contribution is 0.287. The Morgan fingerprint density at radius 3 is 2.18 bits per heavy atom. The van der Waals surface area contributed by atoms with Gasteiger partial charge >= 0.3 is 0 Å². The molecule has 1 N–H and O–H groups in total. The maximum Gasteiger partial charge on any atom is 0.244 e. The van der Waals surface area contributed by atoms with Crippen molar-refractivity contribution in [3.05, 3.63) is 47.5 Å². The van der Waals surface area contributed by atoms with Crippen molar-refractivity contribution in [3.63, 3.8) is 0 Å². The van der Waals surface area contributed by atoms with Crippen molar-refractivity contribution >= 4 is 10.0 Å². The van der Waals surface area contributed by atoms with Crippen molar-refractivity contribution in [2.75, 3.05) is 20.8 Å². The van der Waals surface area contributed by atoms with Crippen molar-refractivity contribution in [1.29, 1.82) is 0 Å². The number of fused-ring (bicyclic) bond motifs is 1. The van der Waals surface area contributed by atoms with Gasteiger partial charge in [0.15, 0.2) is 0 Å². The zero-order valence-electron chi connectivity index (χ0n) is 16.5. The zero-order chi connectivity index (χ0) is 20.1. The zero-order valence-corrected chi connectivity index (χ0v) is 17.3. The van der Waals surface area contributed by atoms with E-state index in [1.165, 1.54) is 12.7 Å². The van der Waals surface area contributed by atoms with Crippen LogP contribution in [0.4, 0.5) is 0 Å². The first-order chi connectivity index (χ1) is 13.4. The fraction of sp³-hybridized carbons (Fsp3) is 0.429. The average molecular weight is 406 g/mol. The summed E-state index contributed by atoms with van der Waals surface area (Å²) >= 11 is 0. The largest absolute Gasteiger partial charge is 0.497 e. The van der Waals surface area contributed by atoms with E-state index >= 15 is 0 Å². The van der Waals surface area contributed by atoms with Crippen LogP contribution >= 0.6 is 0 Å². The van der Waals surface area contributed by atoms with Gasteiger partial charge in [-0.15, -0.1) is 0 Å². The van der Waals surface area contributed by atoms with Crippen LogP contribution < -0.4 is 18.9 Å². The molecule has 0 fully saturated rings. The topological polar surface area (TPSA) is 73.9 Å². The molecule has 0 bridgehead atoms. The third-order valence-electron chi connectivity index (χ3n) is 4.83. The van der Waals surface area contributed by atoms with Gasteiger partial charge in [-0.1, -0.05) is 0 Å². The summed E-state index contributed by atoms with van der Waals surface area (Å²) < 4.78 is 44.7. The number of sulfonamides is 1. The van der Waals surface area contributed by atoms with Gasteiger partial charge in [-0.05, 0) is 80.1 Å². The smallest absolute Gasteiger partial charge is 0.244 e. The third-order valence-corrected chi connectivity index (χ3v) is 6.44. The van der Waals surface area contributed by atoms with Crippen LogP contribution in [0, 0.1) is 0 Å². The lowest BCUT2D eigenvalue weighted by Gasteiger charge is -2.21. The number of benzene rings is 2. The average Bonchev–Trinajstić information content (AvgIpc) is 2.71. The molecule has 1 aliphatic rings. The molecule has 1 atom stereocenters. The van der Waals surface area contributed by atoms with E-state index in [1.807, 2.05) is 6.07 Å². The minimum atomic E-state index is -3.73. The van der Waals surface area contributed by atoms with E-state index in [4.69, 9.17) is 14.2 Å². The molecule has 28 heavy (non-hydrogen) atoms. The number of ether oxygens (including phenoxy) is 3. The van der Waals surface area contributed by atoms with Crippen molar-refractivity contribution < 1.29 is 22.6 Å². The maximum atomic E-state index is 12.9. The monoisotopic (exact) mass is 405 g/mol. The summed E-state index contributed by atoms with van der Waals surface area (Å²) in [5, 5.41) is 0. The van der Waals surface area contributed by atoms with E-state index in [0.29, 0.717) is 11.5 Å². The molecule has 6 nitrogen and oxygen atoms in total. The Labute approximate surface area is 166 Å². The number of nitrogens with one attached hydrogen (secondary N) is 1. The minimum Gasteiger partial charge on any atom is -0.497 e. The molecule has 7 heteroatoms. The van der Waals surface area contributed by atoms with Gasteiger partial charge in [-0.25, -0.2) is 13.1 Å². The first kappa shape index (κ1) is 20.5. The quantitative estimate of drug-likeness (QED) is 0.729. The van der Waals surface area contributed by atoms with Crippen LogP contribution in [0.3, 0.4) is 0 Å². The lowest BCUT2D eigenvalue weighted by atomic mass is 9.92. The number of methoxy groups -OCH3 is 2. The van der Waals surface area contributed by atoms with Gasteiger partial charge in [0.05, 0.1) is 20.3 Å². The highest BCUT2D eigenvalue weighted by atomic mass is 32.2. The fourth-order valence-corrected chi connectivity index (χ4v) is 4.79. The predicted molar refractivity (Wildman–Crippen MR) is 108 cm³/mol. The van der Waals surface area contributed by atoms with Crippen molar-refractivity contribution in [2.45, 2.75) is 43.5 Å². The molecule has 1 unspecified atom stereocenters. The van der Waals surface area contributed by atoms with Crippen LogP contribution in [0.2, 0.25) is 0 Å². The predicted octanol–water partition coefficient (Wildman–Crippen LogP) is 3.33. The molecule has 0 aromatic heterocycles. The molecule has 0 spiro atoms. The minimum absolute atomic E-state index is 0.187. The molecular weight excluding hydrogens is 378 g/mol. The lowest BCUT2D eigenvalue weighted by Crippen LogP contribution is -2.37. The van der Waals surface area contributed by atoms with Gasteiger partial charge < -0.3 is 14.2 Å². The second kappa shape index (κ2) is 8.84. The summed E-state index contributed by atoms with van der Waals surface area (Å²) in [6.07, 6.45) is 4.07. The number of rotatable bonds is 8. The first-order valence-electron chi connectivity index (χ1n) is 9.42. The fourth-order valence-electron chi connectivity index (χ4n) is 3.37. The standard InChI is InChI=1S/C21H27NO5S/c1-15(14-27-19-10-8-18(25-2)9-11-19)22-28(23,24)21-13-17-7-5-4-6-16(17)12-20(21)26-3/h8-13,15,22H,4-7,14H2,1-3H3. The van der Waals surface area contributed by atoms with Crippen molar-refractivity contribution in [3.8, 4) is 17.2 Å². The van der Waals surface area contributed by atoms with E-state index in [-0.39, 0.29) is 11.5 Å². The van der Waals surface area contributed by atoms with E-state index in [9.17, 15) is 8.42 Å². The Bertz CT molecular complexity index is 909. The maximum absolute atomic E-state index is 12.9. The number of hydrogen-bond donors (Lipinski definition) is 1. The first-order valence-corrected chi connectivity index (χ1v) is 10.9. The molecule has 3 rings (SSSR count). The SMILES string of the molecule is COc1ccc(OCC(C)NS(=O)(=O)c2cc3c(cc2OC)CCCC3)cc1. The second-order valence-electron chi connectivity index (χ2n) is 6.99. The highest BCUT2D eigenvalue weighted by Gasteiger charge is 2.25. The molecule has 0 heterocycles. The molecule has 0 amide bonds. The Balaban J connectivity index is 1.70. The molecule has 152 valence electrons. The summed E-state index contributed by atoms with van der Waals surface area (Å²) in [5.41, 5.74) is 2.27. The molecular formula is C21H27NO5S. The molecule has 1 aliphatic carbocycles. The molecule has 2 aromatic rings. The Morgan fingerprint density at radius 2 is 1.57 bits per heavy atom. The summed E-state index contributed by atoms with van der Waals surface area (Å²) in [5.74, 6) is 1.77. The van der Waals surface area contributed by atoms with Crippen LogP contribution in [0.5, 0.6) is 17.2 Å². The van der Waals surface area contributed by atoms with Gasteiger partial charge in [0.1, 0.15) is 28.8 Å². The van der Waals surface area contributed by atoms with E-state index in [2.05, 4.69) is 4.72 Å². The van der Waals surface area contributed by atoms with Crippen LogP contribution in [0.15, 0.2) is 41.3 Å². The normalized spacial score (nSPS) is 14.8. The van der Waals surface area contributed by atoms with Crippen molar-refractivity contribution in [1.82, 2.24) is 4.72 Å². The van der Waals surface area contributed by atoms with Gasteiger partial charge in [0.2, 0.25) is 10.0 Å². The number of aryl methyl sites for hydroxylation is 2. The molecule has 0 saturated heterocycles. The van der Waals surface area contributed by atoms with Crippen molar-refractivity contribution in [2.24, 2.45) is 0 Å². The van der Waals surface area contributed by atoms with Gasteiger partial charge in [0.25, 0.3) is 0 Å². The van der Waals surface area contributed by atoms with Gasteiger partial charge in [0, 0.05) is 0 Å². The molecule has 2 aromatic carbocycles. The Kier molecular flexibility index (Phi) is 6.46. The molecule has 0 aliphatic heterocycles. The highest BCUT2D eigenvalue weighted by molar-refractivity contribution is 7.89. The summed E-state index contributed by atoms with van der Waals surface area (Å²) in [6.45, 7) is 1.98. The molecule has 0 saturated carbocycles. The van der Waals surface area contributed by atoms with Crippen LogP contribution in [0.25, 0.3) is 0 Å². The van der Waals surface area contributed by atoms with Crippen LogP contribution in [-0.2, 0) is 22.9 Å². The summed E-state index contributed by atoms with van der Waals surface area (Å²) in [6, 6.07) is 10.4. The van der Waals surface area contributed by atoms with E-state index in [1.54, 1.807) is 44.4 Å². The van der Waals surface area contributed by atoms with Gasteiger partial charge in [-0.2, -0.15) is 0 Å². The third kappa shape index (κ3) is 4.77.